The van der Waals surface area contributed by atoms with E-state index in [-0.39, 0.29) is 12.5 Å². The summed E-state index contributed by atoms with van der Waals surface area (Å²) in [6.45, 7) is 3.91. The van der Waals surface area contributed by atoms with E-state index in [1.54, 1.807) is 12.4 Å². The number of imidazole rings is 1. The van der Waals surface area contributed by atoms with Crippen LogP contribution in [0.4, 0.5) is 0 Å². The predicted octanol–water partition coefficient (Wildman–Crippen LogP) is 2.28. The standard InChI is InChI=1S/C17H17N5O/c1-12(14-7-9-18-10-8-14)20-21-17(23)11-22-13(2)19-15-5-3-4-6-16(15)22/h3-10H,11H2,1-2H3,(H,21,23)/b20-12+. The van der Waals surface area contributed by atoms with Crippen LogP contribution in [0, 0.1) is 6.92 Å². The number of hydrogen-bond donors (Lipinski definition) is 1. The third-order valence-corrected chi connectivity index (χ3v) is 3.59. The molecule has 0 aliphatic carbocycles. The maximum atomic E-state index is 12.2. The van der Waals surface area contributed by atoms with E-state index in [1.807, 2.05) is 54.8 Å². The zero-order valence-electron chi connectivity index (χ0n) is 13.0. The second kappa shape index (κ2) is 6.39. The van der Waals surface area contributed by atoms with Gasteiger partial charge in [0.1, 0.15) is 12.4 Å². The number of hydrogen-bond acceptors (Lipinski definition) is 4. The normalized spacial score (nSPS) is 11.7. The molecule has 0 atom stereocenters. The van der Waals surface area contributed by atoms with Gasteiger partial charge in [-0.1, -0.05) is 12.1 Å². The molecule has 0 aliphatic rings. The van der Waals surface area contributed by atoms with E-state index in [2.05, 4.69) is 20.5 Å². The second-order valence-electron chi connectivity index (χ2n) is 5.20. The highest BCUT2D eigenvalue weighted by molar-refractivity contribution is 5.99. The molecule has 1 N–H and O–H groups in total. The van der Waals surface area contributed by atoms with E-state index in [0.717, 1.165) is 28.1 Å². The summed E-state index contributed by atoms with van der Waals surface area (Å²) >= 11 is 0. The number of pyridine rings is 1. The van der Waals surface area contributed by atoms with Crippen molar-refractivity contribution < 1.29 is 4.79 Å². The van der Waals surface area contributed by atoms with Gasteiger partial charge in [0.25, 0.3) is 5.91 Å². The average Bonchev–Trinajstić information content (AvgIpc) is 2.89. The van der Waals surface area contributed by atoms with Gasteiger partial charge in [-0.15, -0.1) is 0 Å². The highest BCUT2D eigenvalue weighted by Gasteiger charge is 2.10. The van der Waals surface area contributed by atoms with Crippen molar-refractivity contribution in [1.29, 1.82) is 0 Å². The third kappa shape index (κ3) is 3.26. The van der Waals surface area contributed by atoms with Crippen molar-refractivity contribution in [2.45, 2.75) is 20.4 Å². The number of carbonyl (C=O) groups excluding carboxylic acids is 1. The number of rotatable bonds is 4. The minimum Gasteiger partial charge on any atom is -0.319 e. The fourth-order valence-corrected chi connectivity index (χ4v) is 2.38. The molecule has 0 spiro atoms. The van der Waals surface area contributed by atoms with Crippen LogP contribution >= 0.6 is 0 Å². The minimum atomic E-state index is -0.190. The van der Waals surface area contributed by atoms with Crippen molar-refractivity contribution in [2.75, 3.05) is 0 Å². The van der Waals surface area contributed by atoms with Crippen LogP contribution in [0.15, 0.2) is 53.9 Å². The summed E-state index contributed by atoms with van der Waals surface area (Å²) in [5, 5.41) is 4.14. The summed E-state index contributed by atoms with van der Waals surface area (Å²) in [6, 6.07) is 11.4. The molecule has 0 aliphatic heterocycles. The first-order chi connectivity index (χ1) is 11.1. The van der Waals surface area contributed by atoms with Crippen LogP contribution in [0.2, 0.25) is 0 Å². The Balaban J connectivity index is 1.73. The van der Waals surface area contributed by atoms with Gasteiger partial charge in [0, 0.05) is 18.0 Å². The number of amides is 1. The van der Waals surface area contributed by atoms with Crippen LogP contribution in [0.3, 0.4) is 0 Å². The molecule has 6 nitrogen and oxygen atoms in total. The zero-order valence-corrected chi connectivity index (χ0v) is 13.0. The molecule has 1 amide bonds. The SMILES string of the molecule is C/C(=N\NC(=O)Cn1c(C)nc2ccccc21)c1ccncc1. The Kier molecular flexibility index (Phi) is 4.14. The van der Waals surface area contributed by atoms with Gasteiger partial charge in [-0.3, -0.25) is 9.78 Å². The van der Waals surface area contributed by atoms with Gasteiger partial charge in [0.15, 0.2) is 0 Å². The number of benzene rings is 1. The topological polar surface area (TPSA) is 72.2 Å². The Morgan fingerprint density at radius 1 is 1.22 bits per heavy atom. The predicted molar refractivity (Wildman–Crippen MR) is 89.1 cm³/mol. The molecule has 0 fully saturated rings. The van der Waals surface area contributed by atoms with Crippen LogP contribution in [-0.2, 0) is 11.3 Å². The van der Waals surface area contributed by atoms with Crippen molar-refractivity contribution in [3.05, 3.63) is 60.2 Å². The van der Waals surface area contributed by atoms with E-state index < -0.39 is 0 Å². The van der Waals surface area contributed by atoms with Crippen molar-refractivity contribution >= 4 is 22.7 Å². The first kappa shape index (κ1) is 14.9. The summed E-state index contributed by atoms with van der Waals surface area (Å²) in [6.07, 6.45) is 3.38. The maximum Gasteiger partial charge on any atom is 0.260 e. The van der Waals surface area contributed by atoms with E-state index in [9.17, 15) is 4.79 Å². The van der Waals surface area contributed by atoms with Crippen LogP contribution in [0.5, 0.6) is 0 Å². The Hall–Kier alpha value is -3.02. The summed E-state index contributed by atoms with van der Waals surface area (Å²) in [5.74, 6) is 0.612. The van der Waals surface area contributed by atoms with Crippen molar-refractivity contribution in [2.24, 2.45) is 5.10 Å². The van der Waals surface area contributed by atoms with Gasteiger partial charge in [-0.05, 0) is 38.1 Å². The summed E-state index contributed by atoms with van der Waals surface area (Å²) < 4.78 is 1.88. The fourth-order valence-electron chi connectivity index (χ4n) is 2.38. The van der Waals surface area contributed by atoms with Gasteiger partial charge in [0.2, 0.25) is 0 Å². The number of aryl methyl sites for hydroxylation is 1. The number of carbonyl (C=O) groups is 1. The maximum absolute atomic E-state index is 12.2. The minimum absolute atomic E-state index is 0.180. The smallest absolute Gasteiger partial charge is 0.260 e. The molecule has 116 valence electrons. The summed E-state index contributed by atoms with van der Waals surface area (Å²) in [5.41, 5.74) is 6.06. The van der Waals surface area contributed by atoms with Crippen LogP contribution in [-0.4, -0.2) is 26.2 Å². The number of nitrogens with zero attached hydrogens (tertiary/aromatic N) is 4. The Morgan fingerprint density at radius 3 is 2.74 bits per heavy atom. The highest BCUT2D eigenvalue weighted by atomic mass is 16.2. The summed E-state index contributed by atoms with van der Waals surface area (Å²) in [7, 11) is 0. The van der Waals surface area contributed by atoms with Crippen LogP contribution in [0.1, 0.15) is 18.3 Å². The molecule has 0 bridgehead atoms. The number of aromatic nitrogens is 3. The Morgan fingerprint density at radius 2 is 1.96 bits per heavy atom. The lowest BCUT2D eigenvalue weighted by molar-refractivity contribution is -0.121. The molecule has 2 aromatic heterocycles. The van der Waals surface area contributed by atoms with Gasteiger partial charge in [-0.25, -0.2) is 10.4 Å². The van der Waals surface area contributed by atoms with Gasteiger partial charge in [-0.2, -0.15) is 5.10 Å². The van der Waals surface area contributed by atoms with Crippen LogP contribution in [0.25, 0.3) is 11.0 Å². The number of nitrogens with one attached hydrogen (secondary N) is 1. The van der Waals surface area contributed by atoms with E-state index in [0.29, 0.717) is 0 Å². The van der Waals surface area contributed by atoms with Crippen LogP contribution < -0.4 is 5.43 Å². The average molecular weight is 307 g/mol. The number of hydrazone groups is 1. The van der Waals surface area contributed by atoms with E-state index >= 15 is 0 Å². The van der Waals surface area contributed by atoms with Gasteiger partial charge in [0.05, 0.1) is 16.7 Å². The highest BCUT2D eigenvalue weighted by Crippen LogP contribution is 2.14. The van der Waals surface area contributed by atoms with Gasteiger partial charge >= 0.3 is 0 Å². The molecule has 0 saturated carbocycles. The van der Waals surface area contributed by atoms with Gasteiger partial charge < -0.3 is 4.57 Å². The Labute approximate surface area is 133 Å². The van der Waals surface area contributed by atoms with Crippen molar-refractivity contribution in [3.63, 3.8) is 0 Å². The first-order valence-electron chi connectivity index (χ1n) is 7.30. The molecule has 6 heteroatoms. The monoisotopic (exact) mass is 307 g/mol. The number of para-hydroxylation sites is 2. The lowest BCUT2D eigenvalue weighted by atomic mass is 10.2. The second-order valence-corrected chi connectivity index (χ2v) is 5.20. The molecule has 1 aromatic carbocycles. The summed E-state index contributed by atoms with van der Waals surface area (Å²) in [4.78, 5) is 20.6. The Bertz CT molecular complexity index is 867. The van der Waals surface area contributed by atoms with E-state index in [1.165, 1.54) is 0 Å². The molecule has 23 heavy (non-hydrogen) atoms. The third-order valence-electron chi connectivity index (χ3n) is 3.59. The molecule has 3 aromatic rings. The fraction of sp³-hybridized carbons (Fsp3) is 0.176. The lowest BCUT2D eigenvalue weighted by Crippen LogP contribution is -2.24. The molecule has 3 rings (SSSR count). The zero-order chi connectivity index (χ0) is 16.2. The molecular formula is C17H17N5O. The molecule has 0 saturated heterocycles. The van der Waals surface area contributed by atoms with Crippen molar-refractivity contribution in [3.8, 4) is 0 Å². The quantitative estimate of drug-likeness (QED) is 0.593. The largest absolute Gasteiger partial charge is 0.319 e. The molecule has 2 heterocycles. The molecule has 0 unspecified atom stereocenters. The van der Waals surface area contributed by atoms with Crippen molar-refractivity contribution in [1.82, 2.24) is 20.0 Å². The first-order valence-corrected chi connectivity index (χ1v) is 7.30. The molecular weight excluding hydrogens is 290 g/mol. The number of fused-ring (bicyclic) bond motifs is 1. The molecule has 0 radical (unpaired) electrons. The lowest BCUT2D eigenvalue weighted by Gasteiger charge is -2.06. The van der Waals surface area contributed by atoms with E-state index in [4.69, 9.17) is 0 Å².